The summed E-state index contributed by atoms with van der Waals surface area (Å²) in [6, 6.07) is 8.40. The van der Waals surface area contributed by atoms with Gasteiger partial charge in [-0.05, 0) is 30.2 Å². The molecule has 0 aliphatic carbocycles. The van der Waals surface area contributed by atoms with Crippen LogP contribution >= 0.6 is 0 Å². The summed E-state index contributed by atoms with van der Waals surface area (Å²) in [4.78, 5) is 11.4. The van der Waals surface area contributed by atoms with Gasteiger partial charge in [-0.3, -0.25) is 4.99 Å². The summed E-state index contributed by atoms with van der Waals surface area (Å²) in [5.41, 5.74) is 2.15. The molecule has 2 aliphatic rings. The molecule has 0 fully saturated rings. The highest BCUT2D eigenvalue weighted by Crippen LogP contribution is 2.29. The van der Waals surface area contributed by atoms with Crippen molar-refractivity contribution in [1.82, 2.24) is 15.0 Å². The van der Waals surface area contributed by atoms with Crippen LogP contribution in [0.1, 0.15) is 30.8 Å². The molecule has 1 unspecified atom stereocenters. The quantitative estimate of drug-likeness (QED) is 0.867. The lowest BCUT2D eigenvalue weighted by molar-refractivity contribution is 0.378. The van der Waals surface area contributed by atoms with Gasteiger partial charge in [0.15, 0.2) is 0 Å². The van der Waals surface area contributed by atoms with E-state index in [0.29, 0.717) is 11.7 Å². The Bertz CT molecular complexity index is 803. The number of aliphatic imine (C=N–C) groups is 1. The molecule has 2 aliphatic heterocycles. The smallest absolute Gasteiger partial charge is 0.226 e. The molecule has 0 bridgehead atoms. The minimum atomic E-state index is 0.138. The van der Waals surface area contributed by atoms with Crippen LogP contribution in [0.2, 0.25) is 0 Å². The first-order valence-electron chi connectivity index (χ1n) is 7.95. The highest BCUT2D eigenvalue weighted by molar-refractivity contribution is 5.96. The first-order valence-corrected chi connectivity index (χ1v) is 7.95. The van der Waals surface area contributed by atoms with Crippen molar-refractivity contribution in [3.63, 3.8) is 0 Å². The number of aryl methyl sites for hydroxylation is 1. The second-order valence-corrected chi connectivity index (χ2v) is 5.74. The van der Waals surface area contributed by atoms with E-state index in [1.807, 2.05) is 30.4 Å². The van der Waals surface area contributed by atoms with E-state index in [2.05, 4.69) is 40.3 Å². The van der Waals surface area contributed by atoms with Crippen molar-refractivity contribution < 1.29 is 4.52 Å². The summed E-state index contributed by atoms with van der Waals surface area (Å²) < 4.78 is 5.29. The Morgan fingerprint density at radius 3 is 3.13 bits per heavy atom. The van der Waals surface area contributed by atoms with Crippen LogP contribution in [0.5, 0.6) is 0 Å². The number of benzene rings is 1. The third-order valence-corrected chi connectivity index (χ3v) is 4.04. The van der Waals surface area contributed by atoms with Gasteiger partial charge in [0, 0.05) is 18.2 Å². The summed E-state index contributed by atoms with van der Waals surface area (Å²) >= 11 is 0. The maximum absolute atomic E-state index is 5.29. The van der Waals surface area contributed by atoms with Gasteiger partial charge in [-0.1, -0.05) is 36.4 Å². The van der Waals surface area contributed by atoms with Crippen LogP contribution in [0.4, 0.5) is 0 Å². The van der Waals surface area contributed by atoms with Crippen LogP contribution in [0.25, 0.3) is 11.4 Å². The summed E-state index contributed by atoms with van der Waals surface area (Å²) in [5.74, 6) is 2.37. The van der Waals surface area contributed by atoms with E-state index in [-0.39, 0.29) is 6.04 Å². The molecule has 1 atom stereocenters. The fourth-order valence-electron chi connectivity index (χ4n) is 2.88. The van der Waals surface area contributed by atoms with Crippen molar-refractivity contribution in [2.24, 2.45) is 4.99 Å². The molecule has 4 rings (SSSR count). The Labute approximate surface area is 135 Å². The average Bonchev–Trinajstić information content (AvgIpc) is 3.22. The molecule has 0 radical (unpaired) electrons. The highest BCUT2D eigenvalue weighted by Gasteiger charge is 2.24. The zero-order valence-electron chi connectivity index (χ0n) is 13.0. The van der Waals surface area contributed by atoms with Gasteiger partial charge in [0.05, 0.1) is 12.6 Å². The van der Waals surface area contributed by atoms with Crippen LogP contribution in [0.3, 0.4) is 0 Å². The van der Waals surface area contributed by atoms with E-state index in [1.54, 1.807) is 0 Å². The molecule has 0 saturated carbocycles. The Morgan fingerprint density at radius 2 is 2.26 bits per heavy atom. The lowest BCUT2D eigenvalue weighted by Gasteiger charge is -2.16. The van der Waals surface area contributed by atoms with E-state index >= 15 is 0 Å². The van der Waals surface area contributed by atoms with E-state index in [4.69, 9.17) is 9.52 Å². The number of rotatable bonds is 4. The minimum absolute atomic E-state index is 0.138. The van der Waals surface area contributed by atoms with Gasteiger partial charge in [-0.25, -0.2) is 0 Å². The zero-order chi connectivity index (χ0) is 15.6. The molecule has 2 aromatic rings. The van der Waals surface area contributed by atoms with Gasteiger partial charge >= 0.3 is 0 Å². The second-order valence-electron chi connectivity index (χ2n) is 5.74. The fraction of sp³-hybridized carbons (Fsp3) is 0.278. The van der Waals surface area contributed by atoms with Gasteiger partial charge in [-0.15, -0.1) is 0 Å². The molecule has 23 heavy (non-hydrogen) atoms. The summed E-state index contributed by atoms with van der Waals surface area (Å²) in [7, 11) is 0. The first-order chi connectivity index (χ1) is 11.3. The number of hydrogen-bond donors (Lipinski definition) is 0. The van der Waals surface area contributed by atoms with Gasteiger partial charge in [0.25, 0.3) is 0 Å². The van der Waals surface area contributed by atoms with Crippen molar-refractivity contribution in [2.75, 3.05) is 6.54 Å². The Balaban J connectivity index is 1.60. The van der Waals surface area contributed by atoms with Crippen LogP contribution in [0, 0.1) is 0 Å². The number of amidine groups is 1. The predicted molar refractivity (Wildman–Crippen MR) is 88.9 cm³/mol. The summed E-state index contributed by atoms with van der Waals surface area (Å²) in [6.07, 6.45) is 9.97. The van der Waals surface area contributed by atoms with Gasteiger partial charge in [-0.2, -0.15) is 4.98 Å². The normalized spacial score (nSPS) is 19.1. The maximum atomic E-state index is 5.29. The second kappa shape index (κ2) is 5.83. The van der Waals surface area contributed by atoms with Gasteiger partial charge in [0.1, 0.15) is 5.84 Å². The molecule has 0 spiro atoms. The highest BCUT2D eigenvalue weighted by atomic mass is 16.5. The van der Waals surface area contributed by atoms with E-state index in [9.17, 15) is 0 Å². The number of allylic oxidation sites excluding steroid dienone is 2. The monoisotopic (exact) mass is 306 g/mol. The lowest BCUT2D eigenvalue weighted by atomic mass is 10.0. The molecule has 0 N–H and O–H groups in total. The molecular formula is C18H18N4O. The topological polar surface area (TPSA) is 54.5 Å². The third-order valence-electron chi connectivity index (χ3n) is 4.04. The lowest BCUT2D eigenvalue weighted by Crippen LogP contribution is -2.21. The largest absolute Gasteiger partial charge is 0.339 e. The molecular weight excluding hydrogens is 288 g/mol. The standard InChI is InChI=1S/C18H18N4O/c1-2-6-17-20-18(21-23-17)14-8-5-7-13(11-14)15-12-22-10-4-3-9-16(22)19-15/h3-5,7-11,15H,2,6,12H2,1H3. The molecule has 5 nitrogen and oxygen atoms in total. The first kappa shape index (κ1) is 13.9. The molecule has 1 aromatic heterocycles. The van der Waals surface area contributed by atoms with Crippen molar-refractivity contribution in [1.29, 1.82) is 0 Å². The fourth-order valence-corrected chi connectivity index (χ4v) is 2.88. The van der Waals surface area contributed by atoms with E-state index in [0.717, 1.165) is 30.8 Å². The van der Waals surface area contributed by atoms with Gasteiger partial charge < -0.3 is 9.42 Å². The van der Waals surface area contributed by atoms with Crippen molar-refractivity contribution >= 4 is 5.84 Å². The van der Waals surface area contributed by atoms with E-state index < -0.39 is 0 Å². The van der Waals surface area contributed by atoms with Gasteiger partial charge in [0.2, 0.25) is 11.7 Å². The summed E-state index contributed by atoms with van der Waals surface area (Å²) in [5, 5.41) is 4.09. The SMILES string of the molecule is CCCc1nc(-c2cccc(C3CN4C=CC=CC4=N3)c2)no1. The Kier molecular flexibility index (Phi) is 3.54. The minimum Gasteiger partial charge on any atom is -0.339 e. The van der Waals surface area contributed by atoms with Crippen molar-refractivity contribution in [2.45, 2.75) is 25.8 Å². The molecule has 0 amide bonds. The van der Waals surface area contributed by atoms with Crippen LogP contribution in [-0.2, 0) is 6.42 Å². The van der Waals surface area contributed by atoms with E-state index in [1.165, 1.54) is 5.56 Å². The number of aromatic nitrogens is 2. The van der Waals surface area contributed by atoms with Crippen LogP contribution in [0.15, 0.2) is 58.2 Å². The van der Waals surface area contributed by atoms with Crippen molar-refractivity contribution in [3.05, 3.63) is 60.1 Å². The molecule has 0 saturated heterocycles. The third kappa shape index (κ3) is 2.70. The van der Waals surface area contributed by atoms with Crippen LogP contribution < -0.4 is 0 Å². The number of fused-ring (bicyclic) bond motifs is 1. The zero-order valence-corrected chi connectivity index (χ0v) is 13.0. The molecule has 116 valence electrons. The average molecular weight is 306 g/mol. The molecule has 5 heteroatoms. The Hall–Kier alpha value is -2.69. The van der Waals surface area contributed by atoms with Crippen molar-refractivity contribution in [3.8, 4) is 11.4 Å². The predicted octanol–water partition coefficient (Wildman–Crippen LogP) is 3.53. The maximum Gasteiger partial charge on any atom is 0.226 e. The number of nitrogens with zero attached hydrogens (tertiary/aromatic N) is 4. The molecule has 3 heterocycles. The molecule has 1 aromatic carbocycles. The van der Waals surface area contributed by atoms with Crippen LogP contribution in [-0.4, -0.2) is 27.4 Å². The Morgan fingerprint density at radius 1 is 1.30 bits per heavy atom. The number of hydrogen-bond acceptors (Lipinski definition) is 5. The summed E-state index contributed by atoms with van der Waals surface area (Å²) in [6.45, 7) is 2.97.